The third-order valence-corrected chi connectivity index (χ3v) is 5.03. The number of hydrogen-bond acceptors (Lipinski definition) is 6. The van der Waals surface area contributed by atoms with E-state index < -0.39 is 0 Å². The summed E-state index contributed by atoms with van der Waals surface area (Å²) in [6.07, 6.45) is 7.18. The quantitative estimate of drug-likeness (QED) is 0.508. The van der Waals surface area contributed by atoms with Gasteiger partial charge in [-0.05, 0) is 37.7 Å². The van der Waals surface area contributed by atoms with E-state index in [4.69, 9.17) is 4.74 Å². The predicted molar refractivity (Wildman–Crippen MR) is 107 cm³/mol. The molecule has 0 atom stereocenters. The van der Waals surface area contributed by atoms with E-state index in [2.05, 4.69) is 15.6 Å². The highest BCUT2D eigenvalue weighted by molar-refractivity contribution is 5.91. The van der Waals surface area contributed by atoms with Crippen LogP contribution in [0.1, 0.15) is 49.5 Å². The highest BCUT2D eigenvalue weighted by atomic mass is 16.5. The summed E-state index contributed by atoms with van der Waals surface area (Å²) in [5.74, 6) is 0.176. The number of aryl methyl sites for hydroxylation is 2. The third-order valence-electron chi connectivity index (χ3n) is 5.03. The predicted octanol–water partition coefficient (Wildman–Crippen LogP) is 1.88. The minimum atomic E-state index is -0.145. The number of carbonyl (C=O) groups excluding carboxylic acids is 2. The number of carbonyl (C=O) groups is 2. The van der Waals surface area contributed by atoms with Crippen LogP contribution in [0.25, 0.3) is 0 Å². The number of hydrogen-bond donors (Lipinski definition) is 1. The fourth-order valence-electron chi connectivity index (χ4n) is 3.32. The summed E-state index contributed by atoms with van der Waals surface area (Å²) in [5.41, 5.74) is 0.742. The van der Waals surface area contributed by atoms with Crippen LogP contribution in [0.2, 0.25) is 0 Å². The number of aromatic nitrogens is 4. The van der Waals surface area contributed by atoms with Crippen molar-refractivity contribution in [2.24, 2.45) is 5.92 Å². The van der Waals surface area contributed by atoms with Gasteiger partial charge in [-0.3, -0.25) is 19.1 Å². The largest absolute Gasteiger partial charge is 0.381 e. The van der Waals surface area contributed by atoms with Gasteiger partial charge in [0.25, 0.3) is 5.56 Å². The number of nitrogens with zero attached hydrogens (tertiary/aromatic N) is 4. The SMILES string of the molecule is CC(=O)c1cn(CCCCn2ccc(NC(=O)CC3CCOCC3)cc2=O)nn1. The lowest BCUT2D eigenvalue weighted by molar-refractivity contribution is -0.117. The van der Waals surface area contributed by atoms with Gasteiger partial charge < -0.3 is 14.6 Å². The number of rotatable bonds is 9. The summed E-state index contributed by atoms with van der Waals surface area (Å²) in [6, 6.07) is 3.21. The number of pyridine rings is 1. The molecule has 1 fully saturated rings. The molecule has 0 radical (unpaired) electrons. The molecule has 1 aliphatic heterocycles. The van der Waals surface area contributed by atoms with Crippen LogP contribution in [0.4, 0.5) is 5.69 Å². The molecule has 3 heterocycles. The summed E-state index contributed by atoms with van der Waals surface area (Å²) in [6.45, 7) is 4.09. The highest BCUT2D eigenvalue weighted by Gasteiger charge is 2.17. The molecule has 156 valence electrons. The Morgan fingerprint density at radius 3 is 2.69 bits per heavy atom. The van der Waals surface area contributed by atoms with Crippen LogP contribution < -0.4 is 10.9 Å². The standard InChI is InChI=1S/C20H27N5O4/c1-15(26)18-14-25(23-22-18)8-3-2-7-24-9-4-17(13-20(24)28)21-19(27)12-16-5-10-29-11-6-16/h4,9,13-14,16H,2-3,5-8,10-12H2,1H3,(H,21,27). The van der Waals surface area contributed by atoms with Crippen molar-refractivity contribution in [2.45, 2.75) is 52.1 Å². The van der Waals surface area contributed by atoms with Gasteiger partial charge in [-0.1, -0.05) is 5.21 Å². The van der Waals surface area contributed by atoms with Crippen molar-refractivity contribution in [3.63, 3.8) is 0 Å². The second kappa shape index (κ2) is 10.1. The Kier molecular flexibility index (Phi) is 7.29. The van der Waals surface area contributed by atoms with Gasteiger partial charge in [0, 0.05) is 57.6 Å². The zero-order chi connectivity index (χ0) is 20.6. The average molecular weight is 401 g/mol. The molecule has 29 heavy (non-hydrogen) atoms. The van der Waals surface area contributed by atoms with Crippen LogP contribution >= 0.6 is 0 Å². The number of Topliss-reactive ketones (excluding diaryl/α,β-unsaturated/α-hetero) is 1. The first-order chi connectivity index (χ1) is 14.0. The fraction of sp³-hybridized carbons (Fsp3) is 0.550. The fourth-order valence-corrected chi connectivity index (χ4v) is 3.32. The van der Waals surface area contributed by atoms with Crippen LogP contribution in [0.15, 0.2) is 29.3 Å². The van der Waals surface area contributed by atoms with Gasteiger partial charge in [-0.25, -0.2) is 0 Å². The van der Waals surface area contributed by atoms with Gasteiger partial charge in [0.2, 0.25) is 5.91 Å². The van der Waals surface area contributed by atoms with Crippen LogP contribution in [0, 0.1) is 5.92 Å². The van der Waals surface area contributed by atoms with Gasteiger partial charge in [0.1, 0.15) is 5.69 Å². The maximum absolute atomic E-state index is 12.3. The second-order valence-electron chi connectivity index (χ2n) is 7.39. The average Bonchev–Trinajstić information content (AvgIpc) is 3.17. The van der Waals surface area contributed by atoms with E-state index in [1.165, 1.54) is 13.0 Å². The molecule has 0 saturated carbocycles. The van der Waals surface area contributed by atoms with Crippen molar-refractivity contribution in [3.8, 4) is 0 Å². The number of ketones is 1. The smallest absolute Gasteiger partial charge is 0.252 e. The lowest BCUT2D eigenvalue weighted by atomic mass is 9.96. The number of ether oxygens (including phenoxy) is 1. The minimum Gasteiger partial charge on any atom is -0.381 e. The molecule has 0 aliphatic carbocycles. The molecule has 1 amide bonds. The molecule has 0 aromatic carbocycles. The van der Waals surface area contributed by atoms with Crippen LogP contribution in [0.5, 0.6) is 0 Å². The topological polar surface area (TPSA) is 108 Å². The Balaban J connectivity index is 1.43. The Morgan fingerprint density at radius 2 is 2.00 bits per heavy atom. The van der Waals surface area contributed by atoms with E-state index in [9.17, 15) is 14.4 Å². The van der Waals surface area contributed by atoms with Crippen molar-refractivity contribution in [2.75, 3.05) is 18.5 Å². The summed E-state index contributed by atoms with van der Waals surface area (Å²) in [5, 5.41) is 10.5. The lowest BCUT2D eigenvalue weighted by Crippen LogP contribution is -2.24. The third kappa shape index (κ3) is 6.35. The molecule has 0 unspecified atom stereocenters. The Hall–Kier alpha value is -2.81. The first-order valence-corrected chi connectivity index (χ1v) is 10.0. The summed E-state index contributed by atoms with van der Waals surface area (Å²) in [7, 11) is 0. The Bertz CT molecular complexity index is 898. The van der Waals surface area contributed by atoms with Crippen LogP contribution in [-0.4, -0.2) is 44.5 Å². The monoisotopic (exact) mass is 401 g/mol. The van der Waals surface area contributed by atoms with Gasteiger partial charge >= 0.3 is 0 Å². The normalized spacial score (nSPS) is 14.7. The summed E-state index contributed by atoms with van der Waals surface area (Å²) in [4.78, 5) is 35.7. The molecule has 9 nitrogen and oxygen atoms in total. The van der Waals surface area contributed by atoms with E-state index in [-0.39, 0.29) is 17.2 Å². The van der Waals surface area contributed by atoms with Crippen molar-refractivity contribution >= 4 is 17.4 Å². The number of nitrogens with one attached hydrogen (secondary N) is 1. The van der Waals surface area contributed by atoms with Crippen molar-refractivity contribution in [3.05, 3.63) is 40.6 Å². The van der Waals surface area contributed by atoms with Gasteiger partial charge in [0.05, 0.1) is 6.20 Å². The Morgan fingerprint density at radius 1 is 1.24 bits per heavy atom. The molecule has 3 rings (SSSR count). The first-order valence-electron chi connectivity index (χ1n) is 10.0. The molecule has 0 spiro atoms. The van der Waals surface area contributed by atoms with Crippen molar-refractivity contribution < 1.29 is 14.3 Å². The van der Waals surface area contributed by atoms with E-state index in [0.717, 1.165) is 25.7 Å². The number of unbranched alkanes of at least 4 members (excludes halogenated alkanes) is 1. The van der Waals surface area contributed by atoms with E-state index >= 15 is 0 Å². The maximum Gasteiger partial charge on any atom is 0.252 e. The van der Waals surface area contributed by atoms with Gasteiger partial charge in [0.15, 0.2) is 5.78 Å². The molecule has 9 heteroatoms. The van der Waals surface area contributed by atoms with Gasteiger partial charge in [-0.15, -0.1) is 5.10 Å². The van der Waals surface area contributed by atoms with E-state index in [1.54, 1.807) is 27.7 Å². The summed E-state index contributed by atoms with van der Waals surface area (Å²) < 4.78 is 8.56. The molecule has 2 aromatic heterocycles. The molecule has 1 N–H and O–H groups in total. The highest BCUT2D eigenvalue weighted by Crippen LogP contribution is 2.19. The van der Waals surface area contributed by atoms with Crippen molar-refractivity contribution in [1.82, 2.24) is 19.6 Å². The van der Waals surface area contributed by atoms with Crippen molar-refractivity contribution in [1.29, 1.82) is 0 Å². The van der Waals surface area contributed by atoms with Gasteiger partial charge in [-0.2, -0.15) is 0 Å². The lowest BCUT2D eigenvalue weighted by Gasteiger charge is -2.21. The minimum absolute atomic E-state index is 0.0631. The summed E-state index contributed by atoms with van der Waals surface area (Å²) >= 11 is 0. The zero-order valence-corrected chi connectivity index (χ0v) is 16.7. The Labute approximate surface area is 169 Å². The first kappa shape index (κ1) is 20.9. The van der Waals surface area contributed by atoms with Crippen LogP contribution in [0.3, 0.4) is 0 Å². The number of anilines is 1. The molecule has 1 aliphatic rings. The van der Waals surface area contributed by atoms with Crippen LogP contribution in [-0.2, 0) is 22.6 Å². The molecule has 1 saturated heterocycles. The molecule has 2 aromatic rings. The van der Waals surface area contributed by atoms with E-state index in [0.29, 0.717) is 50.0 Å². The zero-order valence-electron chi connectivity index (χ0n) is 16.7. The molecular weight excluding hydrogens is 374 g/mol. The van der Waals surface area contributed by atoms with E-state index in [1.807, 2.05) is 0 Å². The maximum atomic E-state index is 12.3. The molecule has 0 bridgehead atoms. The number of amides is 1. The molecular formula is C20H27N5O4. The second-order valence-corrected chi connectivity index (χ2v) is 7.39.